The summed E-state index contributed by atoms with van der Waals surface area (Å²) in [6.07, 6.45) is 2.65. The van der Waals surface area contributed by atoms with Gasteiger partial charge in [0.15, 0.2) is 6.73 Å². The number of benzene rings is 3. The topological polar surface area (TPSA) is 202 Å². The van der Waals surface area contributed by atoms with E-state index in [4.69, 9.17) is 14.2 Å². The molecule has 0 aromatic heterocycles. The summed E-state index contributed by atoms with van der Waals surface area (Å²) in [7, 11) is 0. The Morgan fingerprint density at radius 3 is 1.86 bits per heavy atom. The van der Waals surface area contributed by atoms with Crippen molar-refractivity contribution in [3.8, 4) is 0 Å². The zero-order chi connectivity index (χ0) is 50.0. The molecule has 376 valence electrons. The summed E-state index contributed by atoms with van der Waals surface area (Å²) >= 11 is 0. The van der Waals surface area contributed by atoms with E-state index in [9.17, 15) is 33.6 Å². The van der Waals surface area contributed by atoms with E-state index in [1.807, 2.05) is 110 Å². The van der Waals surface area contributed by atoms with Crippen LogP contribution in [0.15, 0.2) is 91.0 Å². The Bertz CT molecular complexity index is 2060. The molecule has 0 radical (unpaired) electrons. The van der Waals surface area contributed by atoms with Crippen molar-refractivity contribution < 1.29 is 47.8 Å². The second-order valence-corrected chi connectivity index (χ2v) is 18.9. The molecule has 69 heavy (non-hydrogen) atoms. The van der Waals surface area contributed by atoms with Crippen LogP contribution in [0.3, 0.4) is 0 Å². The van der Waals surface area contributed by atoms with Gasteiger partial charge in [-0.05, 0) is 81.9 Å². The molecule has 1 fully saturated rings. The van der Waals surface area contributed by atoms with Crippen LogP contribution in [0.4, 0.5) is 0 Å². The number of ether oxygens (including phenoxy) is 3. The molecule has 0 spiro atoms. The lowest BCUT2D eigenvalue weighted by Gasteiger charge is -2.30. The Morgan fingerprint density at radius 2 is 1.25 bits per heavy atom. The summed E-state index contributed by atoms with van der Waals surface area (Å²) in [5.74, 6) is -2.77. The number of esters is 2. The predicted molar refractivity (Wildman–Crippen MR) is 262 cm³/mol. The van der Waals surface area contributed by atoms with Crippen LogP contribution in [-0.4, -0.2) is 122 Å². The van der Waals surface area contributed by atoms with Crippen LogP contribution in [0.25, 0.3) is 0 Å². The molecule has 0 bridgehead atoms. The molecule has 16 nitrogen and oxygen atoms in total. The number of hydrogen-bond donors (Lipinski definition) is 4. The molecule has 1 saturated heterocycles. The van der Waals surface area contributed by atoms with Gasteiger partial charge in [0.2, 0.25) is 29.5 Å². The van der Waals surface area contributed by atoms with Crippen LogP contribution in [0.1, 0.15) is 96.3 Å². The maximum absolute atomic E-state index is 14.3. The summed E-state index contributed by atoms with van der Waals surface area (Å²) in [5.41, 5.74) is 1.87. The van der Waals surface area contributed by atoms with Gasteiger partial charge >= 0.3 is 11.9 Å². The molecule has 1 aliphatic rings. The maximum Gasteiger partial charge on any atom is 0.329 e. The quantitative estimate of drug-likeness (QED) is 0.0439. The van der Waals surface area contributed by atoms with Crippen LogP contribution in [0.5, 0.6) is 0 Å². The van der Waals surface area contributed by atoms with Gasteiger partial charge in [0.1, 0.15) is 24.7 Å². The Hall–Kier alpha value is -6.13. The molecule has 4 N–H and O–H groups in total. The van der Waals surface area contributed by atoms with E-state index >= 15 is 0 Å². The van der Waals surface area contributed by atoms with Crippen molar-refractivity contribution in [2.75, 3.05) is 52.7 Å². The first-order valence-electron chi connectivity index (χ1n) is 24.3. The average molecular weight is 955 g/mol. The minimum Gasteiger partial charge on any atom is -0.459 e. The van der Waals surface area contributed by atoms with Crippen LogP contribution >= 0.6 is 0 Å². The van der Waals surface area contributed by atoms with Gasteiger partial charge in [0, 0.05) is 45.4 Å². The van der Waals surface area contributed by atoms with E-state index in [2.05, 4.69) is 21.3 Å². The van der Waals surface area contributed by atoms with Gasteiger partial charge in [0.05, 0.1) is 25.2 Å². The Labute approximate surface area is 408 Å². The number of amides is 5. The first-order valence-corrected chi connectivity index (χ1v) is 24.3. The zero-order valence-corrected chi connectivity index (χ0v) is 41.2. The standard InChI is InChI=1S/C53H74N6O10/c1-39(2)34-44(49(63)54-28-16-15-24-46(60)57-45(35-41-20-11-7-12-21-41)51(65)68-37-42-22-13-8-14-23-42)56-47(61)25-17-29-59(38-69-52(66)53(3,4)5)50(64)43(27-26-40-18-9-6-10-19-40)55-48(62)36-58-30-32-67-33-31-58/h6-14,18-23,39,43-45H,15-17,24-38H2,1-5H3,(H,54,63)(H,55,62)(H,56,61)(H,57,60)/t43-,44-,45-/m0/s1. The number of carbonyl (C=O) groups is 7. The first kappa shape index (κ1) is 55.5. The van der Waals surface area contributed by atoms with Gasteiger partial charge in [-0.15, -0.1) is 0 Å². The molecule has 0 aliphatic carbocycles. The molecule has 3 aromatic rings. The van der Waals surface area contributed by atoms with Crippen molar-refractivity contribution in [3.05, 3.63) is 108 Å². The fraction of sp³-hybridized carbons (Fsp3) is 0.528. The van der Waals surface area contributed by atoms with Crippen LogP contribution < -0.4 is 21.3 Å². The number of nitrogens with one attached hydrogen (secondary N) is 4. The predicted octanol–water partition coefficient (Wildman–Crippen LogP) is 4.88. The summed E-state index contributed by atoms with van der Waals surface area (Å²) in [6.45, 7) is 11.4. The minimum atomic E-state index is -0.931. The number of rotatable bonds is 28. The van der Waals surface area contributed by atoms with Crippen LogP contribution in [0, 0.1) is 11.3 Å². The van der Waals surface area contributed by atoms with Crippen molar-refractivity contribution >= 4 is 41.5 Å². The van der Waals surface area contributed by atoms with Gasteiger partial charge in [-0.2, -0.15) is 0 Å². The molecule has 5 amide bonds. The lowest BCUT2D eigenvalue weighted by Crippen LogP contribution is -2.53. The number of carbonyl (C=O) groups excluding carboxylic acids is 7. The summed E-state index contributed by atoms with van der Waals surface area (Å²) in [5, 5.41) is 11.5. The van der Waals surface area contributed by atoms with Gasteiger partial charge in [-0.3, -0.25) is 33.7 Å². The largest absolute Gasteiger partial charge is 0.459 e. The highest BCUT2D eigenvalue weighted by Crippen LogP contribution is 2.17. The second-order valence-electron chi connectivity index (χ2n) is 18.9. The highest BCUT2D eigenvalue weighted by atomic mass is 16.5. The third-order valence-corrected chi connectivity index (χ3v) is 11.4. The van der Waals surface area contributed by atoms with Crippen LogP contribution in [0.2, 0.25) is 0 Å². The highest BCUT2D eigenvalue weighted by Gasteiger charge is 2.30. The van der Waals surface area contributed by atoms with Gasteiger partial charge < -0.3 is 40.4 Å². The Morgan fingerprint density at radius 1 is 0.681 bits per heavy atom. The molecule has 1 heterocycles. The molecular weight excluding hydrogens is 881 g/mol. The summed E-state index contributed by atoms with van der Waals surface area (Å²) in [4.78, 5) is 96.8. The number of morpholine rings is 1. The molecule has 0 saturated carbocycles. The van der Waals surface area contributed by atoms with E-state index < -0.39 is 47.3 Å². The minimum absolute atomic E-state index is 0.0306. The molecule has 4 rings (SSSR count). The molecule has 0 unspecified atom stereocenters. The van der Waals surface area contributed by atoms with Crippen molar-refractivity contribution in [1.82, 2.24) is 31.1 Å². The Kier molecular flexibility index (Phi) is 23.9. The van der Waals surface area contributed by atoms with E-state index in [0.717, 1.165) is 16.7 Å². The monoisotopic (exact) mass is 955 g/mol. The van der Waals surface area contributed by atoms with Crippen molar-refractivity contribution in [2.45, 2.75) is 117 Å². The van der Waals surface area contributed by atoms with Crippen molar-refractivity contribution in [1.29, 1.82) is 0 Å². The molecule has 16 heteroatoms. The third kappa shape index (κ3) is 21.8. The second kappa shape index (κ2) is 29.7. The lowest BCUT2D eigenvalue weighted by molar-refractivity contribution is -0.162. The number of hydrogen-bond acceptors (Lipinski definition) is 11. The number of unbranched alkanes of at least 4 members (excludes halogenated alkanes) is 1. The molecular formula is C53H74N6O10. The molecule has 3 aromatic carbocycles. The van der Waals surface area contributed by atoms with Crippen LogP contribution in [-0.2, 0) is 67.2 Å². The van der Waals surface area contributed by atoms with E-state index in [0.29, 0.717) is 58.4 Å². The van der Waals surface area contributed by atoms with Gasteiger partial charge in [-0.1, -0.05) is 105 Å². The molecule has 1 aliphatic heterocycles. The average Bonchev–Trinajstić information content (AvgIpc) is 3.33. The number of nitrogens with zero attached hydrogens (tertiary/aromatic N) is 2. The fourth-order valence-corrected chi connectivity index (χ4v) is 7.51. The maximum atomic E-state index is 14.3. The van der Waals surface area contributed by atoms with Gasteiger partial charge in [-0.25, -0.2) is 4.79 Å². The smallest absolute Gasteiger partial charge is 0.329 e. The highest BCUT2D eigenvalue weighted by molar-refractivity contribution is 5.89. The van der Waals surface area contributed by atoms with E-state index in [1.54, 1.807) is 20.8 Å². The lowest BCUT2D eigenvalue weighted by atomic mass is 9.97. The van der Waals surface area contributed by atoms with Crippen molar-refractivity contribution in [3.63, 3.8) is 0 Å². The first-order chi connectivity index (χ1) is 33.1. The van der Waals surface area contributed by atoms with Crippen molar-refractivity contribution in [2.24, 2.45) is 11.3 Å². The fourth-order valence-electron chi connectivity index (χ4n) is 7.51. The van der Waals surface area contributed by atoms with E-state index in [1.165, 1.54) is 4.90 Å². The zero-order valence-electron chi connectivity index (χ0n) is 41.2. The SMILES string of the molecule is CC(C)C[C@H](NC(=O)CCCN(COC(=O)C(C)(C)C)C(=O)[C@H](CCc1ccccc1)NC(=O)CN1CCOCC1)C(=O)NCCCCC(=O)N[C@@H](Cc1ccccc1)C(=O)OCc1ccccc1. The summed E-state index contributed by atoms with van der Waals surface area (Å²) in [6, 6.07) is 25.7. The van der Waals surface area contributed by atoms with Gasteiger partial charge in [0.25, 0.3) is 0 Å². The normalized spacial score (nSPS) is 14.1. The molecule has 3 atom stereocenters. The van der Waals surface area contributed by atoms with E-state index in [-0.39, 0.29) is 82.3 Å². The summed E-state index contributed by atoms with van der Waals surface area (Å²) < 4.78 is 16.6. The Balaban J connectivity index is 1.29. The third-order valence-electron chi connectivity index (χ3n) is 11.4. The number of aryl methyl sites for hydroxylation is 1.